The third kappa shape index (κ3) is 6.26. The van der Waals surface area contributed by atoms with Gasteiger partial charge in [0.25, 0.3) is 12.0 Å². The molecular weight excluding hydrogens is 664 g/mol. The number of aromatic nitrogens is 6. The van der Waals surface area contributed by atoms with Crippen molar-refractivity contribution in [2.75, 3.05) is 11.0 Å². The van der Waals surface area contributed by atoms with Crippen molar-refractivity contribution < 1.29 is 26.0 Å². The fraction of sp³-hybridized carbons (Fsp3) is 0.167. The number of nitrogens with one attached hydrogen (secondary N) is 1. The van der Waals surface area contributed by atoms with Crippen molar-refractivity contribution in [1.29, 1.82) is 0 Å². The Morgan fingerprint density at radius 3 is 2.43 bits per heavy atom. The second kappa shape index (κ2) is 12.0. The van der Waals surface area contributed by atoms with E-state index in [4.69, 9.17) is 22.3 Å². The van der Waals surface area contributed by atoms with Crippen molar-refractivity contribution in [3.05, 3.63) is 105 Å². The SMILES string of the molecule is Cn1nc(NS(C)(=O)=O)c2c(Cl)ccc(-n3c([C@@H](N)Cc4cc(F)cc(F)c4)nc4cc(-c5nccc(C(F)F)n5)ccc4c3=O)c21. The van der Waals surface area contributed by atoms with E-state index in [1.165, 1.54) is 52.8 Å². The number of benzene rings is 3. The molecule has 0 amide bonds. The average Bonchev–Trinajstić information content (AvgIpc) is 3.31. The normalized spacial score (nSPS) is 12.7. The second-order valence-electron chi connectivity index (χ2n) is 10.7. The van der Waals surface area contributed by atoms with Gasteiger partial charge in [0.05, 0.1) is 44.8 Å². The van der Waals surface area contributed by atoms with E-state index in [0.717, 1.165) is 24.5 Å². The molecule has 3 aromatic carbocycles. The monoisotopic (exact) mass is 686 g/mol. The Bertz CT molecular complexity index is 2360. The van der Waals surface area contributed by atoms with Crippen LogP contribution in [-0.2, 0) is 23.5 Å². The van der Waals surface area contributed by atoms with Gasteiger partial charge in [-0.1, -0.05) is 17.7 Å². The van der Waals surface area contributed by atoms with Gasteiger partial charge in [-0.3, -0.25) is 18.8 Å². The van der Waals surface area contributed by atoms with Crippen LogP contribution in [0.4, 0.5) is 23.4 Å². The quantitative estimate of drug-likeness (QED) is 0.207. The van der Waals surface area contributed by atoms with Gasteiger partial charge >= 0.3 is 0 Å². The molecule has 0 aliphatic heterocycles. The van der Waals surface area contributed by atoms with Gasteiger partial charge in [-0.15, -0.1) is 0 Å². The number of alkyl halides is 2. The lowest BCUT2D eigenvalue weighted by Crippen LogP contribution is -2.30. The number of aryl methyl sites for hydroxylation is 1. The topological polar surface area (TPSA) is 151 Å². The van der Waals surface area contributed by atoms with Crippen LogP contribution in [0.15, 0.2) is 65.6 Å². The van der Waals surface area contributed by atoms with E-state index in [0.29, 0.717) is 6.07 Å². The van der Waals surface area contributed by atoms with Crippen LogP contribution in [0.3, 0.4) is 0 Å². The minimum atomic E-state index is -3.78. The standard InChI is InChI=1S/C30H23ClF4N8O3S/c1-42-25-23(6-5-19(31)24(25)28(40-42)41-47(2,45)46)43-29(20(36)11-14-9-16(32)13-17(33)10-14)39-22-12-15(3-4-18(22)30(43)44)27-37-8-7-21(38-27)26(34)35/h3-10,12-13,20,26H,11,36H2,1-2H3,(H,40,41)/t20-/m0/s1. The Morgan fingerprint density at radius 1 is 1.02 bits per heavy atom. The molecule has 0 unspecified atom stereocenters. The maximum absolute atomic E-state index is 14.3. The van der Waals surface area contributed by atoms with Gasteiger partial charge < -0.3 is 5.73 Å². The minimum Gasteiger partial charge on any atom is -0.321 e. The summed E-state index contributed by atoms with van der Waals surface area (Å²) in [6.07, 6.45) is -0.866. The Kier molecular flexibility index (Phi) is 8.19. The smallest absolute Gasteiger partial charge is 0.280 e. The first-order valence-electron chi connectivity index (χ1n) is 13.7. The zero-order valence-electron chi connectivity index (χ0n) is 24.4. The van der Waals surface area contributed by atoms with Gasteiger partial charge in [0, 0.05) is 24.9 Å². The largest absolute Gasteiger partial charge is 0.321 e. The first-order chi connectivity index (χ1) is 22.2. The summed E-state index contributed by atoms with van der Waals surface area (Å²) < 4.78 is 83.8. The number of hydrogen-bond donors (Lipinski definition) is 2. The molecule has 47 heavy (non-hydrogen) atoms. The number of halogens is 5. The minimum absolute atomic E-state index is 0.0306. The van der Waals surface area contributed by atoms with Gasteiger partial charge in [-0.2, -0.15) is 5.10 Å². The molecule has 3 aromatic heterocycles. The molecule has 0 aliphatic carbocycles. The summed E-state index contributed by atoms with van der Waals surface area (Å²) in [6, 6.07) is 10.2. The number of nitrogens with two attached hydrogens (primary N) is 1. The van der Waals surface area contributed by atoms with Gasteiger partial charge in [-0.25, -0.2) is 40.9 Å². The highest BCUT2D eigenvalue weighted by Gasteiger charge is 2.25. The molecule has 3 heterocycles. The lowest BCUT2D eigenvalue weighted by molar-refractivity contribution is 0.146. The number of fused-ring (bicyclic) bond motifs is 2. The molecule has 1 atom stereocenters. The summed E-state index contributed by atoms with van der Waals surface area (Å²) in [5, 5.41) is 4.66. The summed E-state index contributed by atoms with van der Waals surface area (Å²) >= 11 is 6.50. The molecule has 6 rings (SSSR count). The van der Waals surface area contributed by atoms with E-state index in [2.05, 4.69) is 19.8 Å². The molecule has 0 fully saturated rings. The molecule has 0 saturated carbocycles. The zero-order chi connectivity index (χ0) is 33.8. The highest BCUT2D eigenvalue weighted by atomic mass is 35.5. The molecule has 0 spiro atoms. The molecular formula is C30H23ClF4N8O3S. The van der Waals surface area contributed by atoms with E-state index >= 15 is 0 Å². The zero-order valence-corrected chi connectivity index (χ0v) is 26.0. The van der Waals surface area contributed by atoms with Gasteiger partial charge in [-0.05, 0) is 54.4 Å². The van der Waals surface area contributed by atoms with E-state index in [1.807, 2.05) is 0 Å². The summed E-state index contributed by atoms with van der Waals surface area (Å²) in [6.45, 7) is 0. The molecule has 3 N–H and O–H groups in total. The predicted octanol–water partition coefficient (Wildman–Crippen LogP) is 5.21. The number of nitrogens with zero attached hydrogens (tertiary/aromatic N) is 6. The van der Waals surface area contributed by atoms with Crippen LogP contribution < -0.4 is 16.0 Å². The highest BCUT2D eigenvalue weighted by molar-refractivity contribution is 7.92. The maximum atomic E-state index is 14.3. The fourth-order valence-electron chi connectivity index (χ4n) is 5.32. The van der Waals surface area contributed by atoms with Crippen molar-refractivity contribution in [1.82, 2.24) is 29.3 Å². The lowest BCUT2D eigenvalue weighted by Gasteiger charge is -2.20. The summed E-state index contributed by atoms with van der Waals surface area (Å²) in [5.74, 6) is -1.82. The number of sulfonamides is 1. The summed E-state index contributed by atoms with van der Waals surface area (Å²) in [4.78, 5) is 27.0. The molecule has 242 valence electrons. The first kappa shape index (κ1) is 32.0. The Labute approximate surface area is 268 Å². The van der Waals surface area contributed by atoms with E-state index in [9.17, 15) is 30.8 Å². The molecule has 0 aliphatic rings. The molecule has 11 nitrogen and oxygen atoms in total. The average molecular weight is 687 g/mol. The van der Waals surface area contributed by atoms with Crippen molar-refractivity contribution in [3.8, 4) is 17.1 Å². The van der Waals surface area contributed by atoms with Gasteiger partial charge in [0.1, 0.15) is 23.2 Å². The third-order valence-corrected chi connectivity index (χ3v) is 8.08. The summed E-state index contributed by atoms with van der Waals surface area (Å²) in [5.41, 5.74) is 6.50. The van der Waals surface area contributed by atoms with Crippen LogP contribution in [-0.4, -0.2) is 44.0 Å². The van der Waals surface area contributed by atoms with Crippen LogP contribution in [0.2, 0.25) is 5.02 Å². The van der Waals surface area contributed by atoms with Gasteiger partial charge in [0.2, 0.25) is 10.0 Å². The second-order valence-corrected chi connectivity index (χ2v) is 12.8. The van der Waals surface area contributed by atoms with E-state index in [1.54, 1.807) is 0 Å². The Morgan fingerprint density at radius 2 is 1.74 bits per heavy atom. The number of rotatable bonds is 8. The van der Waals surface area contributed by atoms with Crippen molar-refractivity contribution >= 4 is 49.2 Å². The highest BCUT2D eigenvalue weighted by Crippen LogP contribution is 2.35. The predicted molar refractivity (Wildman–Crippen MR) is 168 cm³/mol. The molecule has 6 aromatic rings. The first-order valence-corrected chi connectivity index (χ1v) is 16.0. The maximum Gasteiger partial charge on any atom is 0.280 e. The summed E-state index contributed by atoms with van der Waals surface area (Å²) in [7, 11) is -2.26. The van der Waals surface area contributed by atoms with Crippen LogP contribution in [0, 0.1) is 11.6 Å². The van der Waals surface area contributed by atoms with E-state index < -0.39 is 45.4 Å². The van der Waals surface area contributed by atoms with Crippen molar-refractivity contribution in [2.24, 2.45) is 12.8 Å². The number of anilines is 1. The molecule has 0 radical (unpaired) electrons. The van der Waals surface area contributed by atoms with Crippen LogP contribution in [0.25, 0.3) is 38.9 Å². The fourth-order valence-corrected chi connectivity index (χ4v) is 6.05. The molecule has 0 bridgehead atoms. The van der Waals surface area contributed by atoms with Crippen molar-refractivity contribution in [3.63, 3.8) is 0 Å². The molecule has 17 heteroatoms. The van der Waals surface area contributed by atoms with Crippen molar-refractivity contribution in [2.45, 2.75) is 18.9 Å². The van der Waals surface area contributed by atoms with E-state index in [-0.39, 0.29) is 67.5 Å². The van der Waals surface area contributed by atoms with Crippen LogP contribution in [0.5, 0.6) is 0 Å². The Balaban J connectivity index is 1.62. The Hall–Kier alpha value is -4.93. The molecule has 0 saturated heterocycles. The van der Waals surface area contributed by atoms with Crippen LogP contribution in [0.1, 0.15) is 29.5 Å². The van der Waals surface area contributed by atoms with Gasteiger partial charge in [0.15, 0.2) is 11.6 Å². The lowest BCUT2D eigenvalue weighted by atomic mass is 10.0. The number of hydrogen-bond acceptors (Lipinski definition) is 8. The third-order valence-electron chi connectivity index (χ3n) is 7.20. The van der Waals surface area contributed by atoms with Crippen LogP contribution >= 0.6 is 11.6 Å².